The Labute approximate surface area is 208 Å². The fourth-order valence-electron chi connectivity index (χ4n) is 2.23. The average Bonchev–Trinajstić information content (AvgIpc) is 2.67. The fourth-order valence-corrected chi connectivity index (χ4v) is 2.71. The predicted molar refractivity (Wildman–Crippen MR) is 93.1 cm³/mol. The van der Waals surface area contributed by atoms with Crippen LogP contribution in [0.3, 0.4) is 0 Å². The molecule has 0 aromatic heterocycles. The van der Waals surface area contributed by atoms with E-state index in [0.717, 1.165) is 19.2 Å². The third-order valence-corrected chi connectivity index (χ3v) is 3.92. The van der Waals surface area contributed by atoms with E-state index in [1.165, 1.54) is 6.07 Å². The Morgan fingerprint density at radius 2 is 2.13 bits per heavy atom. The second-order valence-electron chi connectivity index (χ2n) is 5.71. The van der Waals surface area contributed by atoms with Crippen LogP contribution >= 0.6 is 15.9 Å². The van der Waals surface area contributed by atoms with Crippen LogP contribution < -0.4 is 39.4 Å². The molecule has 1 aromatic rings. The zero-order chi connectivity index (χ0) is 25.1. The number of ether oxygens (including phenoxy) is 2. The summed E-state index contributed by atoms with van der Waals surface area (Å²) in [5.41, 5.74) is -1.63. The van der Waals surface area contributed by atoms with Crippen LogP contribution in [0.2, 0.25) is 0 Å². The molecule has 31 heavy (non-hydrogen) atoms. The van der Waals surface area contributed by atoms with Gasteiger partial charge >= 0.3 is 41.7 Å². The van der Waals surface area contributed by atoms with Crippen LogP contribution in [-0.4, -0.2) is 54.6 Å². The summed E-state index contributed by atoms with van der Waals surface area (Å²) in [7, 11) is 1.02. The van der Waals surface area contributed by atoms with Crippen molar-refractivity contribution < 1.29 is 80.8 Å². The summed E-state index contributed by atoms with van der Waals surface area (Å²) in [6, 6.07) is 2.33. The van der Waals surface area contributed by atoms with Gasteiger partial charge in [0, 0.05) is 14.1 Å². The maximum atomic E-state index is 13.6. The summed E-state index contributed by atoms with van der Waals surface area (Å²) in [5, 5.41) is 25.1. The van der Waals surface area contributed by atoms with Gasteiger partial charge in [0.25, 0.3) is 6.79 Å². The Bertz CT molecular complexity index is 1010. The number of alkyl halides is 3. The van der Waals surface area contributed by atoms with Gasteiger partial charge in [0.2, 0.25) is 11.4 Å². The number of aryl methyl sites for hydroxylation is 1. The van der Waals surface area contributed by atoms with Crippen molar-refractivity contribution in [1.82, 2.24) is 5.01 Å². The van der Waals surface area contributed by atoms with Crippen molar-refractivity contribution in [2.24, 2.45) is 5.28 Å². The molecule has 1 atom stereocenters. The van der Waals surface area contributed by atoms with Gasteiger partial charge in [0.1, 0.15) is 12.3 Å². The third-order valence-electron chi connectivity index (χ3n) is 3.46. The monoisotopic (exact) mass is 522 g/mol. The molecule has 0 unspecified atom stereocenters. The second-order valence-corrected chi connectivity index (χ2v) is 6.63. The molecule has 1 heterocycles. The summed E-state index contributed by atoms with van der Waals surface area (Å²) in [4.78, 5) is 26.7. The normalized spacial score (nSPS) is 17.5. The summed E-state index contributed by atoms with van der Waals surface area (Å²) in [6.45, 7) is -4.76. The van der Waals surface area contributed by atoms with Crippen LogP contribution in [0.15, 0.2) is 27.5 Å². The largest absolute Gasteiger partial charge is 1.00 e. The molecule has 2 rings (SSSR count). The van der Waals surface area contributed by atoms with Crippen LogP contribution in [0.25, 0.3) is 6.08 Å². The van der Waals surface area contributed by atoms with Crippen LogP contribution in [0, 0.1) is 12.1 Å². The summed E-state index contributed by atoms with van der Waals surface area (Å²) < 4.78 is 72.9. The number of aliphatic carboxylic acids is 1. The number of hydrazine groups is 1. The van der Waals surface area contributed by atoms with Gasteiger partial charge in [-0.25, -0.2) is 4.79 Å². The second kappa shape index (κ2) is 11.0. The summed E-state index contributed by atoms with van der Waals surface area (Å²) in [5.74, 6) is -3.72. The van der Waals surface area contributed by atoms with E-state index in [1.807, 2.05) is 0 Å². The molecule has 10 nitrogen and oxygen atoms in total. The first-order valence-corrected chi connectivity index (χ1v) is 8.57. The smallest absolute Gasteiger partial charge is 0.569 e. The quantitative estimate of drug-likeness (QED) is 0.0801. The fraction of sp³-hybridized carbons (Fsp3) is 0.375. The molecule has 0 amide bonds. The van der Waals surface area contributed by atoms with Gasteiger partial charge in [0.15, 0.2) is 0 Å². The minimum Gasteiger partial charge on any atom is -0.569 e. The van der Waals surface area contributed by atoms with Crippen molar-refractivity contribution in [3.63, 3.8) is 0 Å². The number of hydrogen-bond donors (Lipinski definition) is 0. The molecule has 0 bridgehead atoms. The first-order valence-electron chi connectivity index (χ1n) is 9.28. The minimum absolute atomic E-state index is 0. The number of carboxylic acid groups (broad SMARTS) is 1. The van der Waals surface area contributed by atoms with Crippen molar-refractivity contribution in [1.29, 1.82) is 0 Å². The van der Waals surface area contributed by atoms with Gasteiger partial charge in [-0.15, -0.1) is 5.01 Å². The van der Waals surface area contributed by atoms with E-state index in [4.69, 9.17) is 8.85 Å². The number of likely N-dealkylation sites (N-methyl/N-ethyl adjacent to an activating group) is 1. The first-order chi connectivity index (χ1) is 15.1. The number of halogens is 4. The van der Waals surface area contributed by atoms with E-state index in [0.29, 0.717) is 5.01 Å². The number of fused-ring (bicyclic) bond motifs is 1. The Balaban J connectivity index is 0.00000578. The van der Waals surface area contributed by atoms with Gasteiger partial charge in [-0.05, 0) is 30.6 Å². The summed E-state index contributed by atoms with van der Waals surface area (Å²) in [6.07, 6.45) is -7.20. The Morgan fingerprint density at radius 3 is 2.71 bits per heavy atom. The zero-order valence-electron chi connectivity index (χ0n) is 18.9. The van der Waals surface area contributed by atoms with E-state index in [9.17, 15) is 33.1 Å². The molecular formula is C16H14BrF3N3NaO7. The number of carbonyl (C=O) groups excluding carboxylic acids is 2. The van der Waals surface area contributed by atoms with Gasteiger partial charge < -0.3 is 29.4 Å². The Morgan fingerprint density at radius 1 is 1.45 bits per heavy atom. The molecule has 0 radical (unpaired) electrons. The molecule has 0 fully saturated rings. The SMILES string of the molecule is [2H]C([2H])([2H])c1cc(Br)cc2c1O[C@H](C(F)(F)F)C(C(=O)OCON=[N+]([O-])N(C)CC(=O)[O-])=C2.[Na+]. The number of rotatable bonds is 7. The number of esters is 1. The molecule has 164 valence electrons. The molecule has 0 spiro atoms. The molecular weight excluding hydrogens is 506 g/mol. The Kier molecular flexibility index (Phi) is 7.88. The van der Waals surface area contributed by atoms with Gasteiger partial charge in [-0.1, -0.05) is 15.9 Å². The molecule has 1 aliphatic rings. The molecule has 0 saturated heterocycles. The number of nitrogens with zero attached hydrogens (tertiary/aromatic N) is 3. The van der Waals surface area contributed by atoms with Crippen LogP contribution in [0.4, 0.5) is 13.2 Å². The van der Waals surface area contributed by atoms with Gasteiger partial charge in [-0.3, -0.25) is 0 Å². The van der Waals surface area contributed by atoms with Crippen molar-refractivity contribution in [3.8, 4) is 5.75 Å². The van der Waals surface area contributed by atoms with E-state index in [-0.39, 0.29) is 44.6 Å². The van der Waals surface area contributed by atoms with E-state index in [1.54, 1.807) is 0 Å². The molecule has 1 aromatic carbocycles. The molecule has 1 aliphatic heterocycles. The first kappa shape index (κ1) is 22.2. The number of carbonyl (C=O) groups is 2. The van der Waals surface area contributed by atoms with E-state index < -0.39 is 61.3 Å². The van der Waals surface area contributed by atoms with E-state index >= 15 is 0 Å². The minimum atomic E-state index is -5.12. The molecule has 0 aliphatic carbocycles. The van der Waals surface area contributed by atoms with E-state index in [2.05, 4.69) is 30.8 Å². The maximum absolute atomic E-state index is 13.6. The number of carboxylic acids is 1. The summed E-state index contributed by atoms with van der Waals surface area (Å²) >= 11 is 3.05. The average molecular weight is 523 g/mol. The number of hydrogen-bond acceptors (Lipinski definition) is 8. The molecule has 15 heteroatoms. The topological polar surface area (TPSA) is 127 Å². The van der Waals surface area contributed by atoms with Crippen molar-refractivity contribution >= 4 is 33.9 Å². The maximum Gasteiger partial charge on any atom is 1.00 e. The zero-order valence-corrected chi connectivity index (χ0v) is 19.5. The Hall–Kier alpha value is -2.03. The molecule has 0 saturated carbocycles. The van der Waals surface area contributed by atoms with Gasteiger partial charge in [-0.2, -0.15) is 13.2 Å². The predicted octanol–water partition coefficient (Wildman–Crippen LogP) is -1.54. The third kappa shape index (κ3) is 7.26. The van der Waals surface area contributed by atoms with Crippen molar-refractivity contribution in [2.75, 3.05) is 20.4 Å². The van der Waals surface area contributed by atoms with Crippen LogP contribution in [0.5, 0.6) is 5.75 Å². The van der Waals surface area contributed by atoms with Crippen LogP contribution in [0.1, 0.15) is 15.2 Å². The van der Waals surface area contributed by atoms with Crippen LogP contribution in [-0.2, 0) is 19.2 Å². The standard InChI is InChI=1S/C16H15BrF3N3O7.Na/c1-8-3-10(17)4-9-5-11(14(16(18,19)20)30-13(8)9)15(26)28-7-29-21-23(27)22(2)6-12(24)25;/h3-5,14H,6-7H2,1-2H3,(H,24,25);/q;+1/p-1/t14-;/m0./s1/i1D3;. The van der Waals surface area contributed by atoms with Crippen molar-refractivity contribution in [3.05, 3.63) is 38.5 Å². The molecule has 0 N–H and O–H groups in total. The van der Waals surface area contributed by atoms with Crippen molar-refractivity contribution in [2.45, 2.75) is 19.1 Å². The van der Waals surface area contributed by atoms with Gasteiger partial charge in [0.05, 0.1) is 23.6 Å². The number of benzene rings is 1.